The van der Waals surface area contributed by atoms with E-state index in [4.69, 9.17) is 22.1 Å². The lowest BCUT2D eigenvalue weighted by atomic mass is 10.3. The molecular formula is C14H14ClN3O2. The van der Waals surface area contributed by atoms with Crippen LogP contribution in [0, 0.1) is 6.92 Å². The SMILES string of the molecule is Cc1cnc(Cl)c(NC(=O)COc2ccc(N)cc2)c1. The van der Waals surface area contributed by atoms with Gasteiger partial charge in [0.15, 0.2) is 11.8 Å². The molecule has 20 heavy (non-hydrogen) atoms. The van der Waals surface area contributed by atoms with E-state index in [0.717, 1.165) is 5.56 Å². The zero-order valence-electron chi connectivity index (χ0n) is 10.9. The number of aryl methyl sites for hydroxylation is 1. The van der Waals surface area contributed by atoms with Gasteiger partial charge in [-0.05, 0) is 42.8 Å². The first kappa shape index (κ1) is 14.1. The van der Waals surface area contributed by atoms with Crippen LogP contribution in [0.2, 0.25) is 5.15 Å². The molecule has 0 aliphatic heterocycles. The Morgan fingerprint density at radius 3 is 2.80 bits per heavy atom. The van der Waals surface area contributed by atoms with Crippen LogP contribution in [0.5, 0.6) is 5.75 Å². The summed E-state index contributed by atoms with van der Waals surface area (Å²) < 4.78 is 5.33. The minimum atomic E-state index is -0.309. The molecule has 0 radical (unpaired) electrons. The maximum Gasteiger partial charge on any atom is 0.262 e. The van der Waals surface area contributed by atoms with Gasteiger partial charge in [0.05, 0.1) is 5.69 Å². The van der Waals surface area contributed by atoms with Crippen LogP contribution in [0.1, 0.15) is 5.56 Å². The van der Waals surface area contributed by atoms with Gasteiger partial charge in [0, 0.05) is 11.9 Å². The molecule has 0 unspecified atom stereocenters. The molecule has 5 nitrogen and oxygen atoms in total. The molecule has 2 aromatic rings. The molecule has 1 aromatic carbocycles. The number of halogens is 1. The van der Waals surface area contributed by atoms with E-state index in [1.807, 2.05) is 6.92 Å². The molecule has 2 rings (SSSR count). The average molecular weight is 292 g/mol. The first-order valence-corrected chi connectivity index (χ1v) is 6.33. The van der Waals surface area contributed by atoms with Crippen LogP contribution < -0.4 is 15.8 Å². The smallest absolute Gasteiger partial charge is 0.262 e. The van der Waals surface area contributed by atoms with Crippen molar-refractivity contribution in [2.75, 3.05) is 17.7 Å². The van der Waals surface area contributed by atoms with E-state index in [2.05, 4.69) is 10.3 Å². The van der Waals surface area contributed by atoms with Crippen molar-refractivity contribution in [1.82, 2.24) is 4.98 Å². The Labute approximate surface area is 121 Å². The van der Waals surface area contributed by atoms with Crippen molar-refractivity contribution in [3.63, 3.8) is 0 Å². The van der Waals surface area contributed by atoms with Gasteiger partial charge in [-0.15, -0.1) is 0 Å². The van der Waals surface area contributed by atoms with Gasteiger partial charge < -0.3 is 15.8 Å². The standard InChI is InChI=1S/C14H14ClN3O2/c1-9-6-12(14(15)17-7-9)18-13(19)8-20-11-4-2-10(16)3-5-11/h2-7H,8,16H2,1H3,(H,18,19). The van der Waals surface area contributed by atoms with Crippen molar-refractivity contribution in [1.29, 1.82) is 0 Å². The average Bonchev–Trinajstić information content (AvgIpc) is 2.42. The molecule has 1 aromatic heterocycles. The van der Waals surface area contributed by atoms with Crippen LogP contribution in [0.4, 0.5) is 11.4 Å². The number of benzene rings is 1. The number of nitrogens with two attached hydrogens (primary N) is 1. The molecule has 0 saturated carbocycles. The third-order valence-corrected chi connectivity index (χ3v) is 2.80. The Morgan fingerprint density at radius 2 is 2.10 bits per heavy atom. The van der Waals surface area contributed by atoms with Crippen LogP contribution in [-0.4, -0.2) is 17.5 Å². The fourth-order valence-electron chi connectivity index (χ4n) is 1.54. The van der Waals surface area contributed by atoms with E-state index >= 15 is 0 Å². The van der Waals surface area contributed by atoms with Gasteiger partial charge in [-0.3, -0.25) is 4.79 Å². The number of aromatic nitrogens is 1. The van der Waals surface area contributed by atoms with Crippen molar-refractivity contribution in [2.45, 2.75) is 6.92 Å². The molecule has 0 aliphatic rings. The molecule has 0 atom stereocenters. The number of anilines is 2. The number of hydrogen-bond acceptors (Lipinski definition) is 4. The fraction of sp³-hybridized carbons (Fsp3) is 0.143. The predicted molar refractivity (Wildman–Crippen MR) is 79.0 cm³/mol. The van der Waals surface area contributed by atoms with Crippen molar-refractivity contribution in [2.24, 2.45) is 0 Å². The van der Waals surface area contributed by atoms with Crippen LogP contribution >= 0.6 is 11.6 Å². The Balaban J connectivity index is 1.92. The number of hydrogen-bond donors (Lipinski definition) is 2. The molecule has 0 fully saturated rings. The number of carbonyl (C=O) groups excluding carboxylic acids is 1. The van der Waals surface area contributed by atoms with E-state index in [9.17, 15) is 4.79 Å². The first-order valence-electron chi connectivity index (χ1n) is 5.95. The summed E-state index contributed by atoms with van der Waals surface area (Å²) >= 11 is 5.89. The number of nitrogen functional groups attached to an aromatic ring is 1. The highest BCUT2D eigenvalue weighted by Crippen LogP contribution is 2.19. The van der Waals surface area contributed by atoms with Crippen molar-refractivity contribution < 1.29 is 9.53 Å². The predicted octanol–water partition coefficient (Wildman–Crippen LogP) is 2.64. The van der Waals surface area contributed by atoms with Gasteiger partial charge in [0.2, 0.25) is 0 Å². The number of nitrogens with zero attached hydrogens (tertiary/aromatic N) is 1. The van der Waals surface area contributed by atoms with E-state index in [-0.39, 0.29) is 17.7 Å². The van der Waals surface area contributed by atoms with Crippen LogP contribution in [0.25, 0.3) is 0 Å². The Kier molecular flexibility index (Phi) is 4.42. The molecule has 6 heteroatoms. The van der Waals surface area contributed by atoms with Crippen LogP contribution in [-0.2, 0) is 4.79 Å². The zero-order valence-corrected chi connectivity index (χ0v) is 11.6. The summed E-state index contributed by atoms with van der Waals surface area (Å²) in [6, 6.07) is 8.55. The zero-order chi connectivity index (χ0) is 14.5. The van der Waals surface area contributed by atoms with E-state index in [1.165, 1.54) is 0 Å². The summed E-state index contributed by atoms with van der Waals surface area (Å²) in [4.78, 5) is 15.7. The topological polar surface area (TPSA) is 77.2 Å². The second kappa shape index (κ2) is 6.25. The van der Waals surface area contributed by atoms with Gasteiger partial charge in [-0.25, -0.2) is 4.98 Å². The van der Waals surface area contributed by atoms with E-state index < -0.39 is 0 Å². The molecule has 1 heterocycles. The van der Waals surface area contributed by atoms with Crippen molar-refractivity contribution in [3.8, 4) is 5.75 Å². The van der Waals surface area contributed by atoms with Gasteiger partial charge in [-0.2, -0.15) is 0 Å². The van der Waals surface area contributed by atoms with Gasteiger partial charge in [0.25, 0.3) is 5.91 Å². The third kappa shape index (κ3) is 3.86. The second-order valence-electron chi connectivity index (χ2n) is 4.26. The summed E-state index contributed by atoms with van der Waals surface area (Å²) in [6.07, 6.45) is 1.63. The highest BCUT2D eigenvalue weighted by atomic mass is 35.5. The summed E-state index contributed by atoms with van der Waals surface area (Å²) in [5, 5.41) is 2.90. The molecule has 0 saturated heterocycles. The Hall–Kier alpha value is -2.27. The van der Waals surface area contributed by atoms with Gasteiger partial charge in [-0.1, -0.05) is 11.6 Å². The van der Waals surface area contributed by atoms with E-state index in [1.54, 1.807) is 36.5 Å². The lowest BCUT2D eigenvalue weighted by Gasteiger charge is -2.09. The van der Waals surface area contributed by atoms with Crippen LogP contribution in [0.3, 0.4) is 0 Å². The highest BCUT2D eigenvalue weighted by Gasteiger charge is 2.08. The Bertz CT molecular complexity index is 614. The lowest BCUT2D eigenvalue weighted by molar-refractivity contribution is -0.118. The fourth-order valence-corrected chi connectivity index (χ4v) is 1.69. The number of ether oxygens (including phenoxy) is 1. The quantitative estimate of drug-likeness (QED) is 0.670. The minimum Gasteiger partial charge on any atom is -0.484 e. The molecule has 0 spiro atoms. The summed E-state index contributed by atoms with van der Waals surface area (Å²) in [6.45, 7) is 1.75. The maximum absolute atomic E-state index is 11.8. The van der Waals surface area contributed by atoms with Crippen molar-refractivity contribution in [3.05, 3.63) is 47.2 Å². The molecule has 0 aliphatic carbocycles. The number of rotatable bonds is 4. The van der Waals surface area contributed by atoms with Gasteiger partial charge in [0.1, 0.15) is 5.75 Å². The number of carbonyl (C=O) groups is 1. The lowest BCUT2D eigenvalue weighted by Crippen LogP contribution is -2.20. The minimum absolute atomic E-state index is 0.117. The number of amides is 1. The first-order chi connectivity index (χ1) is 9.54. The summed E-state index contributed by atoms with van der Waals surface area (Å²) in [7, 11) is 0. The number of nitrogens with one attached hydrogen (secondary N) is 1. The van der Waals surface area contributed by atoms with Crippen LogP contribution in [0.15, 0.2) is 36.5 Å². The number of pyridine rings is 1. The second-order valence-corrected chi connectivity index (χ2v) is 4.61. The largest absolute Gasteiger partial charge is 0.484 e. The molecule has 104 valence electrons. The third-order valence-electron chi connectivity index (χ3n) is 2.50. The normalized spacial score (nSPS) is 10.1. The molecule has 3 N–H and O–H groups in total. The molecule has 1 amide bonds. The monoisotopic (exact) mass is 291 g/mol. The molecular weight excluding hydrogens is 278 g/mol. The highest BCUT2D eigenvalue weighted by molar-refractivity contribution is 6.32. The Morgan fingerprint density at radius 1 is 1.40 bits per heavy atom. The molecule has 0 bridgehead atoms. The summed E-state index contributed by atoms with van der Waals surface area (Å²) in [5.74, 6) is 0.263. The summed E-state index contributed by atoms with van der Waals surface area (Å²) in [5.41, 5.74) is 7.57. The van der Waals surface area contributed by atoms with E-state index in [0.29, 0.717) is 17.1 Å². The van der Waals surface area contributed by atoms with Gasteiger partial charge >= 0.3 is 0 Å². The maximum atomic E-state index is 11.8. The van der Waals surface area contributed by atoms with Crippen molar-refractivity contribution >= 4 is 28.9 Å².